The van der Waals surface area contributed by atoms with Crippen LogP contribution >= 0.6 is 22.9 Å². The molecule has 3 rings (SSSR count). The minimum Gasteiger partial charge on any atom is -0.481 e. The highest BCUT2D eigenvalue weighted by Gasteiger charge is 2.24. The van der Waals surface area contributed by atoms with E-state index in [-0.39, 0.29) is 24.7 Å². The standard InChI is InChI=1S/C18H19ClN2O3S/c19-14-3-1-13(2-4-14)18-20-15(11-25-18)10-16(22)21-7-5-12(6-8-21)9-17(23)24/h1-4,11-12H,5-10H2,(H,23,24). The number of carbonyl (C=O) groups is 2. The van der Waals surface area contributed by atoms with Crippen molar-refractivity contribution in [3.63, 3.8) is 0 Å². The summed E-state index contributed by atoms with van der Waals surface area (Å²) >= 11 is 7.41. The lowest BCUT2D eigenvalue weighted by molar-refractivity contribution is -0.138. The molecule has 0 aliphatic carbocycles. The Balaban J connectivity index is 1.55. The second-order valence-electron chi connectivity index (χ2n) is 6.25. The van der Waals surface area contributed by atoms with E-state index in [9.17, 15) is 9.59 Å². The van der Waals surface area contributed by atoms with Crippen molar-refractivity contribution in [1.82, 2.24) is 9.88 Å². The number of carboxylic acid groups (broad SMARTS) is 1. The molecule has 5 nitrogen and oxygen atoms in total. The number of hydrogen-bond acceptors (Lipinski definition) is 4. The van der Waals surface area contributed by atoms with Gasteiger partial charge in [0.25, 0.3) is 0 Å². The van der Waals surface area contributed by atoms with Gasteiger partial charge in [0.15, 0.2) is 0 Å². The Hall–Kier alpha value is -1.92. The largest absolute Gasteiger partial charge is 0.481 e. The molecule has 1 aliphatic rings. The van der Waals surface area contributed by atoms with Crippen molar-refractivity contribution >= 4 is 34.8 Å². The summed E-state index contributed by atoms with van der Waals surface area (Å²) in [5.41, 5.74) is 1.76. The highest BCUT2D eigenvalue weighted by atomic mass is 35.5. The average molecular weight is 379 g/mol. The zero-order valence-corrected chi connectivity index (χ0v) is 15.2. The van der Waals surface area contributed by atoms with Gasteiger partial charge in [-0.3, -0.25) is 9.59 Å². The van der Waals surface area contributed by atoms with Crippen LogP contribution in [0.5, 0.6) is 0 Å². The molecule has 2 aromatic rings. The predicted octanol–water partition coefficient (Wildman–Crippen LogP) is 3.72. The Bertz CT molecular complexity index is 752. The van der Waals surface area contributed by atoms with Crippen LogP contribution in [0.25, 0.3) is 10.6 Å². The Morgan fingerprint density at radius 1 is 1.24 bits per heavy atom. The van der Waals surface area contributed by atoms with Gasteiger partial charge in [-0.05, 0) is 30.9 Å². The van der Waals surface area contributed by atoms with Gasteiger partial charge in [0.05, 0.1) is 12.1 Å². The van der Waals surface area contributed by atoms with E-state index in [1.807, 2.05) is 34.5 Å². The first-order chi connectivity index (χ1) is 12.0. The number of aliphatic carboxylic acids is 1. The van der Waals surface area contributed by atoms with Gasteiger partial charge in [0, 0.05) is 35.5 Å². The van der Waals surface area contributed by atoms with Gasteiger partial charge in [0.2, 0.25) is 5.91 Å². The van der Waals surface area contributed by atoms with E-state index in [0.717, 1.165) is 29.1 Å². The number of thiazole rings is 1. The molecule has 1 saturated heterocycles. The van der Waals surface area contributed by atoms with Gasteiger partial charge in [0.1, 0.15) is 5.01 Å². The summed E-state index contributed by atoms with van der Waals surface area (Å²) in [5.74, 6) is -0.527. The number of amides is 1. The van der Waals surface area contributed by atoms with Gasteiger partial charge < -0.3 is 10.0 Å². The van der Waals surface area contributed by atoms with Crippen LogP contribution in [0.15, 0.2) is 29.6 Å². The third kappa shape index (κ3) is 4.80. The summed E-state index contributed by atoms with van der Waals surface area (Å²) in [5, 5.41) is 12.3. The van der Waals surface area contributed by atoms with Gasteiger partial charge in [-0.25, -0.2) is 4.98 Å². The van der Waals surface area contributed by atoms with E-state index < -0.39 is 5.97 Å². The molecule has 0 radical (unpaired) electrons. The smallest absolute Gasteiger partial charge is 0.303 e. The van der Waals surface area contributed by atoms with Crippen LogP contribution in [0.4, 0.5) is 0 Å². The predicted molar refractivity (Wildman–Crippen MR) is 97.8 cm³/mol. The SMILES string of the molecule is O=C(O)CC1CCN(C(=O)Cc2csc(-c3ccc(Cl)cc3)n2)CC1. The maximum absolute atomic E-state index is 12.4. The third-order valence-electron chi connectivity index (χ3n) is 4.41. The maximum atomic E-state index is 12.4. The first-order valence-corrected chi connectivity index (χ1v) is 9.47. The highest BCUT2D eigenvalue weighted by Crippen LogP contribution is 2.26. The molecule has 7 heteroatoms. The van der Waals surface area contributed by atoms with Crippen molar-refractivity contribution in [2.75, 3.05) is 13.1 Å². The molecule has 1 fully saturated rings. The Kier molecular flexibility index (Phi) is 5.71. The zero-order chi connectivity index (χ0) is 17.8. The van der Waals surface area contributed by atoms with Crippen LogP contribution < -0.4 is 0 Å². The van der Waals surface area contributed by atoms with E-state index in [0.29, 0.717) is 18.1 Å². The molecule has 1 N–H and O–H groups in total. The number of piperidine rings is 1. The third-order valence-corrected chi connectivity index (χ3v) is 5.60. The second kappa shape index (κ2) is 7.97. The van der Waals surface area contributed by atoms with Crippen LogP contribution in [-0.2, 0) is 16.0 Å². The first kappa shape index (κ1) is 17.9. The number of carboxylic acids is 1. The van der Waals surface area contributed by atoms with Crippen LogP contribution in [-0.4, -0.2) is 40.0 Å². The molecular formula is C18H19ClN2O3S. The van der Waals surface area contributed by atoms with E-state index >= 15 is 0 Å². The summed E-state index contributed by atoms with van der Waals surface area (Å²) in [6.45, 7) is 1.26. The van der Waals surface area contributed by atoms with Crippen molar-refractivity contribution in [3.8, 4) is 10.6 Å². The number of nitrogens with zero attached hydrogens (tertiary/aromatic N) is 2. The summed E-state index contributed by atoms with van der Waals surface area (Å²) < 4.78 is 0. The van der Waals surface area contributed by atoms with Crippen molar-refractivity contribution in [1.29, 1.82) is 0 Å². The van der Waals surface area contributed by atoms with Crippen LogP contribution in [0, 0.1) is 5.92 Å². The summed E-state index contributed by atoms with van der Waals surface area (Å²) in [6.07, 6.45) is 1.99. The molecular weight excluding hydrogens is 360 g/mol. The Morgan fingerprint density at radius 2 is 1.92 bits per heavy atom. The minimum atomic E-state index is -0.762. The van der Waals surface area contributed by atoms with Crippen molar-refractivity contribution < 1.29 is 14.7 Å². The van der Waals surface area contributed by atoms with E-state index in [1.54, 1.807) is 0 Å². The molecule has 25 heavy (non-hydrogen) atoms. The van der Waals surface area contributed by atoms with E-state index in [1.165, 1.54) is 11.3 Å². The Labute approximate surface area is 155 Å². The first-order valence-electron chi connectivity index (χ1n) is 8.21. The number of rotatable bonds is 5. The molecule has 1 aliphatic heterocycles. The number of likely N-dealkylation sites (tertiary alicyclic amines) is 1. The number of carbonyl (C=O) groups excluding carboxylic acids is 1. The second-order valence-corrected chi connectivity index (χ2v) is 7.54. The van der Waals surface area contributed by atoms with Crippen molar-refractivity contribution in [3.05, 3.63) is 40.4 Å². The average Bonchev–Trinajstić information content (AvgIpc) is 3.04. The minimum absolute atomic E-state index is 0.0572. The van der Waals surface area contributed by atoms with Gasteiger partial charge >= 0.3 is 5.97 Å². The lowest BCUT2D eigenvalue weighted by atomic mass is 9.93. The van der Waals surface area contributed by atoms with Crippen LogP contribution in [0.3, 0.4) is 0 Å². The molecule has 0 saturated carbocycles. The molecule has 0 atom stereocenters. The highest BCUT2D eigenvalue weighted by molar-refractivity contribution is 7.13. The Morgan fingerprint density at radius 3 is 2.56 bits per heavy atom. The lowest BCUT2D eigenvalue weighted by Gasteiger charge is -2.31. The maximum Gasteiger partial charge on any atom is 0.303 e. The van der Waals surface area contributed by atoms with Crippen LogP contribution in [0.2, 0.25) is 5.02 Å². The quantitative estimate of drug-likeness (QED) is 0.860. The summed E-state index contributed by atoms with van der Waals surface area (Å²) in [4.78, 5) is 29.6. The number of benzene rings is 1. The summed E-state index contributed by atoms with van der Waals surface area (Å²) in [7, 11) is 0. The van der Waals surface area contributed by atoms with Gasteiger partial charge in [-0.1, -0.05) is 23.7 Å². The van der Waals surface area contributed by atoms with Crippen molar-refractivity contribution in [2.45, 2.75) is 25.7 Å². The number of hydrogen-bond donors (Lipinski definition) is 1. The topological polar surface area (TPSA) is 70.5 Å². The van der Waals surface area contributed by atoms with E-state index in [2.05, 4.69) is 4.98 Å². The molecule has 1 amide bonds. The molecule has 0 spiro atoms. The molecule has 132 valence electrons. The van der Waals surface area contributed by atoms with Gasteiger partial charge in [-0.2, -0.15) is 0 Å². The van der Waals surface area contributed by atoms with E-state index in [4.69, 9.17) is 16.7 Å². The molecule has 1 aromatic carbocycles. The normalized spacial score (nSPS) is 15.3. The molecule has 1 aromatic heterocycles. The number of aromatic nitrogens is 1. The van der Waals surface area contributed by atoms with Gasteiger partial charge in [-0.15, -0.1) is 11.3 Å². The lowest BCUT2D eigenvalue weighted by Crippen LogP contribution is -2.39. The van der Waals surface area contributed by atoms with Crippen molar-refractivity contribution in [2.24, 2.45) is 5.92 Å². The molecule has 0 unspecified atom stereocenters. The zero-order valence-electron chi connectivity index (χ0n) is 13.7. The fraction of sp³-hybridized carbons (Fsp3) is 0.389. The van der Waals surface area contributed by atoms with Crippen LogP contribution in [0.1, 0.15) is 25.0 Å². The summed E-state index contributed by atoms with van der Waals surface area (Å²) in [6, 6.07) is 7.48. The number of halogens is 1. The fourth-order valence-corrected chi connectivity index (χ4v) is 3.97. The molecule has 0 bridgehead atoms. The monoisotopic (exact) mass is 378 g/mol. The fourth-order valence-electron chi connectivity index (χ4n) is 3.01. The molecule has 2 heterocycles.